The fourth-order valence-electron chi connectivity index (χ4n) is 2.86. The van der Waals surface area contributed by atoms with Crippen molar-refractivity contribution in [2.75, 3.05) is 26.6 Å². The second-order valence-corrected chi connectivity index (χ2v) is 10.1. The summed E-state index contributed by atoms with van der Waals surface area (Å²) in [5.74, 6) is 0.916. The summed E-state index contributed by atoms with van der Waals surface area (Å²) in [4.78, 5) is 17.2. The number of anilines is 1. The van der Waals surface area contributed by atoms with Crippen molar-refractivity contribution in [1.82, 2.24) is 9.29 Å². The van der Waals surface area contributed by atoms with E-state index in [1.807, 2.05) is 11.4 Å². The highest BCUT2D eigenvalue weighted by molar-refractivity contribution is 7.89. The third-order valence-corrected chi connectivity index (χ3v) is 7.73. The molecule has 0 bridgehead atoms. The largest absolute Gasteiger partial charge is 0.497 e. The van der Waals surface area contributed by atoms with Crippen molar-refractivity contribution in [3.63, 3.8) is 0 Å². The molecule has 3 rings (SSSR count). The van der Waals surface area contributed by atoms with Gasteiger partial charge in [-0.1, -0.05) is 0 Å². The van der Waals surface area contributed by atoms with Crippen molar-refractivity contribution >= 4 is 32.4 Å². The van der Waals surface area contributed by atoms with E-state index >= 15 is 0 Å². The molecular formula is C22H25N3O5S2. The zero-order chi connectivity index (χ0) is 23.5. The summed E-state index contributed by atoms with van der Waals surface area (Å²) in [5.41, 5.74) is 1.71. The summed E-state index contributed by atoms with van der Waals surface area (Å²) in [6, 6.07) is 11.0. The SMILES string of the molecule is COc1ccc(OC)c(-c2csc(NC(=O)c3ccc(S(=O)(=O)N(C)C(C)C)cc3)n2)c1. The van der Waals surface area contributed by atoms with Crippen LogP contribution in [0.2, 0.25) is 0 Å². The van der Waals surface area contributed by atoms with Gasteiger partial charge in [0.05, 0.1) is 24.8 Å². The predicted molar refractivity (Wildman–Crippen MR) is 125 cm³/mol. The highest BCUT2D eigenvalue weighted by atomic mass is 32.2. The normalized spacial score (nSPS) is 11.6. The number of thiazole rings is 1. The van der Waals surface area contributed by atoms with E-state index in [1.165, 1.54) is 47.0 Å². The molecule has 10 heteroatoms. The first-order chi connectivity index (χ1) is 15.2. The maximum Gasteiger partial charge on any atom is 0.257 e. The molecule has 8 nitrogen and oxygen atoms in total. The molecular weight excluding hydrogens is 450 g/mol. The van der Waals surface area contributed by atoms with Crippen LogP contribution in [0.15, 0.2) is 52.7 Å². The summed E-state index contributed by atoms with van der Waals surface area (Å²) in [6.07, 6.45) is 0. The number of methoxy groups -OCH3 is 2. The third-order valence-electron chi connectivity index (χ3n) is 4.93. The van der Waals surface area contributed by atoms with Crippen molar-refractivity contribution in [3.05, 3.63) is 53.4 Å². The highest BCUT2D eigenvalue weighted by Crippen LogP contribution is 2.35. The van der Waals surface area contributed by atoms with Crippen LogP contribution in [-0.2, 0) is 10.0 Å². The molecule has 1 N–H and O–H groups in total. The van der Waals surface area contributed by atoms with Gasteiger partial charge in [-0.15, -0.1) is 11.3 Å². The summed E-state index contributed by atoms with van der Waals surface area (Å²) in [7, 11) is 1.07. The fraction of sp³-hybridized carbons (Fsp3) is 0.273. The van der Waals surface area contributed by atoms with Crippen LogP contribution >= 0.6 is 11.3 Å². The molecule has 170 valence electrons. The molecule has 3 aromatic rings. The van der Waals surface area contributed by atoms with Crippen LogP contribution in [0, 0.1) is 0 Å². The molecule has 0 saturated carbocycles. The Balaban J connectivity index is 1.78. The van der Waals surface area contributed by atoms with Crippen molar-refractivity contribution in [1.29, 1.82) is 0 Å². The number of nitrogens with zero attached hydrogens (tertiary/aromatic N) is 2. The van der Waals surface area contributed by atoms with Crippen LogP contribution in [0.5, 0.6) is 11.5 Å². The van der Waals surface area contributed by atoms with Gasteiger partial charge in [0.1, 0.15) is 11.5 Å². The number of amides is 1. The van der Waals surface area contributed by atoms with Gasteiger partial charge in [-0.05, 0) is 56.3 Å². The molecule has 0 fully saturated rings. The Morgan fingerprint density at radius 1 is 1.09 bits per heavy atom. The van der Waals surface area contributed by atoms with Gasteiger partial charge in [-0.2, -0.15) is 4.31 Å². The van der Waals surface area contributed by atoms with Crippen LogP contribution in [0.1, 0.15) is 24.2 Å². The number of hydrogen-bond acceptors (Lipinski definition) is 7. The Kier molecular flexibility index (Phi) is 7.17. The average Bonchev–Trinajstić information content (AvgIpc) is 3.26. The summed E-state index contributed by atoms with van der Waals surface area (Å²) < 4.78 is 37.1. The fourth-order valence-corrected chi connectivity index (χ4v) is 4.93. The predicted octanol–water partition coefficient (Wildman–Crippen LogP) is 4.11. The topological polar surface area (TPSA) is 97.8 Å². The number of carbonyl (C=O) groups is 1. The molecule has 1 heterocycles. The molecule has 2 aromatic carbocycles. The lowest BCUT2D eigenvalue weighted by atomic mass is 10.1. The molecule has 1 aromatic heterocycles. The first-order valence-electron chi connectivity index (χ1n) is 9.74. The summed E-state index contributed by atoms with van der Waals surface area (Å²) in [6.45, 7) is 3.59. The van der Waals surface area contributed by atoms with E-state index in [0.717, 1.165) is 5.56 Å². The summed E-state index contributed by atoms with van der Waals surface area (Å²) >= 11 is 1.27. The zero-order valence-corrected chi connectivity index (χ0v) is 20.1. The van der Waals surface area contributed by atoms with Crippen LogP contribution in [-0.4, -0.2) is 50.9 Å². The molecule has 0 aliphatic carbocycles. The number of benzene rings is 2. The standard InChI is InChI=1S/C22H25N3O5S2/c1-14(2)25(3)32(27,28)17-9-6-15(7-10-17)21(26)24-22-23-19(13-31-22)18-12-16(29-4)8-11-20(18)30-5/h6-14H,1-5H3,(H,23,24,26). The smallest absolute Gasteiger partial charge is 0.257 e. The first-order valence-corrected chi connectivity index (χ1v) is 12.1. The number of carbonyl (C=O) groups excluding carboxylic acids is 1. The minimum Gasteiger partial charge on any atom is -0.497 e. The molecule has 32 heavy (non-hydrogen) atoms. The maximum absolute atomic E-state index is 12.6. The van der Waals surface area contributed by atoms with Crippen LogP contribution in [0.3, 0.4) is 0 Å². The Morgan fingerprint density at radius 3 is 2.38 bits per heavy atom. The van der Waals surface area contributed by atoms with Crippen molar-refractivity contribution in [3.8, 4) is 22.8 Å². The van der Waals surface area contributed by atoms with Crippen molar-refractivity contribution in [2.24, 2.45) is 0 Å². The van der Waals surface area contributed by atoms with E-state index < -0.39 is 10.0 Å². The molecule has 1 amide bonds. The van der Waals surface area contributed by atoms with E-state index in [1.54, 1.807) is 40.2 Å². The van der Waals surface area contributed by atoms with Gasteiger partial charge in [-0.3, -0.25) is 10.1 Å². The van der Waals surface area contributed by atoms with E-state index in [9.17, 15) is 13.2 Å². The van der Waals surface area contributed by atoms with E-state index in [0.29, 0.717) is 27.9 Å². The van der Waals surface area contributed by atoms with Crippen LogP contribution in [0.25, 0.3) is 11.3 Å². The van der Waals surface area contributed by atoms with Gasteiger partial charge in [-0.25, -0.2) is 13.4 Å². The number of hydrogen-bond donors (Lipinski definition) is 1. The molecule has 0 saturated heterocycles. The number of ether oxygens (including phenoxy) is 2. The molecule has 0 unspecified atom stereocenters. The molecule has 0 atom stereocenters. The third kappa shape index (κ3) is 4.93. The lowest BCUT2D eigenvalue weighted by Gasteiger charge is -2.20. The average molecular weight is 476 g/mol. The van der Waals surface area contributed by atoms with Gasteiger partial charge in [0.2, 0.25) is 10.0 Å². The molecule has 0 aliphatic heterocycles. The van der Waals surface area contributed by atoms with Crippen molar-refractivity contribution < 1.29 is 22.7 Å². The van der Waals surface area contributed by atoms with E-state index in [4.69, 9.17) is 9.47 Å². The van der Waals surface area contributed by atoms with Gasteiger partial charge in [0.25, 0.3) is 5.91 Å². The van der Waals surface area contributed by atoms with Gasteiger partial charge < -0.3 is 9.47 Å². The number of rotatable bonds is 8. The maximum atomic E-state index is 12.6. The molecule has 0 radical (unpaired) electrons. The Hall–Kier alpha value is -2.95. The summed E-state index contributed by atoms with van der Waals surface area (Å²) in [5, 5.41) is 4.97. The minimum absolute atomic E-state index is 0.131. The first kappa shape index (κ1) is 23.7. The number of nitrogens with one attached hydrogen (secondary N) is 1. The zero-order valence-electron chi connectivity index (χ0n) is 18.4. The monoisotopic (exact) mass is 475 g/mol. The Labute approximate surface area is 191 Å². The Morgan fingerprint density at radius 2 is 1.78 bits per heavy atom. The van der Waals surface area contributed by atoms with Crippen molar-refractivity contribution in [2.45, 2.75) is 24.8 Å². The van der Waals surface area contributed by atoms with E-state index in [-0.39, 0.29) is 16.8 Å². The van der Waals surface area contributed by atoms with Gasteiger partial charge in [0, 0.05) is 29.6 Å². The van der Waals surface area contributed by atoms with E-state index in [2.05, 4.69) is 10.3 Å². The second kappa shape index (κ2) is 9.68. The lowest BCUT2D eigenvalue weighted by molar-refractivity contribution is 0.102. The quantitative estimate of drug-likeness (QED) is 0.527. The minimum atomic E-state index is -3.61. The van der Waals surface area contributed by atoms with Gasteiger partial charge >= 0.3 is 0 Å². The second-order valence-electron chi connectivity index (χ2n) is 7.20. The highest BCUT2D eigenvalue weighted by Gasteiger charge is 2.23. The lowest BCUT2D eigenvalue weighted by Crippen LogP contribution is -2.33. The van der Waals surface area contributed by atoms with Gasteiger partial charge in [0.15, 0.2) is 5.13 Å². The number of aromatic nitrogens is 1. The Bertz CT molecular complexity index is 1200. The van der Waals surface area contributed by atoms with Crippen LogP contribution < -0.4 is 14.8 Å². The van der Waals surface area contributed by atoms with Crippen LogP contribution in [0.4, 0.5) is 5.13 Å². The molecule has 0 aliphatic rings. The number of sulfonamides is 1. The molecule has 0 spiro atoms.